The number of hydrogen-bond acceptors (Lipinski definition) is 5. The van der Waals surface area contributed by atoms with Crippen LogP contribution in [0.2, 0.25) is 0 Å². The second-order valence-electron chi connectivity index (χ2n) is 6.68. The molecule has 1 unspecified atom stereocenters. The van der Waals surface area contributed by atoms with Crippen LogP contribution in [0, 0.1) is 5.92 Å². The lowest BCUT2D eigenvalue weighted by Crippen LogP contribution is -2.39. The summed E-state index contributed by atoms with van der Waals surface area (Å²) in [6.45, 7) is 6.69. The van der Waals surface area contributed by atoms with Crippen LogP contribution < -0.4 is 10.5 Å². The predicted octanol–water partition coefficient (Wildman–Crippen LogP) is 3.35. The fourth-order valence-electron chi connectivity index (χ4n) is 3.03. The Kier molecular flexibility index (Phi) is 4.60. The fraction of sp³-hybridized carbons (Fsp3) is 0.474. The summed E-state index contributed by atoms with van der Waals surface area (Å²) in [6.07, 6.45) is 1.50. The summed E-state index contributed by atoms with van der Waals surface area (Å²) in [5.74, 6) is 0.0550. The molecule has 5 nitrogen and oxygen atoms in total. The summed E-state index contributed by atoms with van der Waals surface area (Å²) >= 11 is 0. The van der Waals surface area contributed by atoms with E-state index in [1.807, 2.05) is 43.9 Å². The Morgan fingerprint density at radius 1 is 1.29 bits per heavy atom. The summed E-state index contributed by atoms with van der Waals surface area (Å²) in [5.41, 5.74) is 0.881. The minimum atomic E-state index is -0.404. The topological polar surface area (TPSA) is 59.8 Å². The molecule has 1 saturated heterocycles. The molecule has 2 atom stereocenters. The lowest BCUT2D eigenvalue weighted by Gasteiger charge is -2.28. The van der Waals surface area contributed by atoms with Crippen LogP contribution >= 0.6 is 0 Å². The number of fused-ring (bicyclic) bond motifs is 1. The monoisotopic (exact) mass is 329 g/mol. The quantitative estimate of drug-likeness (QED) is 0.636. The number of carbonyl (C=O) groups excluding carboxylic acids is 1. The second-order valence-corrected chi connectivity index (χ2v) is 6.68. The number of benzene rings is 1. The van der Waals surface area contributed by atoms with E-state index in [1.54, 1.807) is 6.07 Å². The first-order chi connectivity index (χ1) is 11.5. The minimum Gasteiger partial charge on any atom is -0.461 e. The van der Waals surface area contributed by atoms with Crippen LogP contribution in [0.25, 0.3) is 11.0 Å². The van der Waals surface area contributed by atoms with Gasteiger partial charge in [0.05, 0.1) is 5.69 Å². The number of hydrogen-bond donors (Lipinski definition) is 0. The third-order valence-electron chi connectivity index (χ3n) is 4.70. The molecule has 2 heterocycles. The maximum absolute atomic E-state index is 12.6. The van der Waals surface area contributed by atoms with Gasteiger partial charge in [0.2, 0.25) is 0 Å². The summed E-state index contributed by atoms with van der Waals surface area (Å²) in [4.78, 5) is 26.5. The van der Waals surface area contributed by atoms with Gasteiger partial charge in [-0.1, -0.05) is 26.0 Å². The van der Waals surface area contributed by atoms with Crippen molar-refractivity contribution < 1.29 is 13.9 Å². The van der Waals surface area contributed by atoms with Crippen molar-refractivity contribution in [2.24, 2.45) is 5.92 Å². The number of ether oxygens (including phenoxy) is 1. The van der Waals surface area contributed by atoms with Crippen LogP contribution in [-0.4, -0.2) is 24.7 Å². The third-order valence-corrected chi connectivity index (χ3v) is 4.70. The number of anilines is 1. The smallest absolute Gasteiger partial charge is 0.338 e. The molecule has 5 heteroatoms. The number of carbonyl (C=O) groups is 1. The van der Waals surface area contributed by atoms with E-state index in [4.69, 9.17) is 9.15 Å². The van der Waals surface area contributed by atoms with Crippen molar-refractivity contribution in [1.29, 1.82) is 0 Å². The van der Waals surface area contributed by atoms with E-state index >= 15 is 0 Å². The van der Waals surface area contributed by atoms with Crippen molar-refractivity contribution in [3.63, 3.8) is 0 Å². The van der Waals surface area contributed by atoms with Gasteiger partial charge >= 0.3 is 11.6 Å². The summed E-state index contributed by atoms with van der Waals surface area (Å²) in [7, 11) is 0. The van der Waals surface area contributed by atoms with E-state index < -0.39 is 5.63 Å². The van der Waals surface area contributed by atoms with Crippen molar-refractivity contribution in [3.8, 4) is 0 Å². The average molecular weight is 329 g/mol. The minimum absolute atomic E-state index is 0.127. The van der Waals surface area contributed by atoms with Crippen LogP contribution in [0.1, 0.15) is 33.6 Å². The van der Waals surface area contributed by atoms with Crippen LogP contribution in [0.5, 0.6) is 0 Å². The third kappa shape index (κ3) is 3.16. The van der Waals surface area contributed by atoms with Gasteiger partial charge in [-0.05, 0) is 37.8 Å². The molecule has 1 aromatic heterocycles. The Morgan fingerprint density at radius 3 is 2.79 bits per heavy atom. The zero-order valence-electron chi connectivity index (χ0n) is 14.3. The number of nitrogens with zero attached hydrogens (tertiary/aromatic N) is 1. The highest BCUT2D eigenvalue weighted by atomic mass is 16.5. The zero-order valence-corrected chi connectivity index (χ0v) is 14.3. The molecule has 1 aliphatic heterocycles. The second kappa shape index (κ2) is 6.67. The molecule has 1 aromatic carbocycles. The highest BCUT2D eigenvalue weighted by molar-refractivity contribution is 5.93. The lowest BCUT2D eigenvalue weighted by molar-refractivity contribution is -0.151. The Morgan fingerprint density at radius 2 is 2.04 bits per heavy atom. The molecule has 0 amide bonds. The van der Waals surface area contributed by atoms with E-state index in [9.17, 15) is 9.59 Å². The molecule has 3 rings (SSSR count). The zero-order chi connectivity index (χ0) is 17.3. The maximum Gasteiger partial charge on any atom is 0.338 e. The van der Waals surface area contributed by atoms with Crippen LogP contribution in [0.4, 0.5) is 5.69 Å². The van der Waals surface area contributed by atoms with E-state index in [1.165, 1.54) is 6.07 Å². The van der Waals surface area contributed by atoms with Crippen LogP contribution in [0.3, 0.4) is 0 Å². The van der Waals surface area contributed by atoms with E-state index in [0.29, 0.717) is 5.58 Å². The Bertz CT molecular complexity index is 795. The average Bonchev–Trinajstić information content (AvgIpc) is 3.03. The normalized spacial score (nSPS) is 19.0. The van der Waals surface area contributed by atoms with Gasteiger partial charge < -0.3 is 14.1 Å². The molecule has 1 aliphatic rings. The molecule has 128 valence electrons. The fourth-order valence-corrected chi connectivity index (χ4v) is 3.03. The largest absolute Gasteiger partial charge is 0.461 e. The molecule has 0 N–H and O–H groups in total. The van der Waals surface area contributed by atoms with Gasteiger partial charge in [-0.2, -0.15) is 0 Å². The highest BCUT2D eigenvalue weighted by Crippen LogP contribution is 2.31. The van der Waals surface area contributed by atoms with Gasteiger partial charge in [-0.3, -0.25) is 0 Å². The number of rotatable bonds is 4. The first-order valence-electron chi connectivity index (χ1n) is 8.47. The molecular weight excluding hydrogens is 306 g/mol. The SMILES string of the molecule is CC(C)C(C)OC(=O)[C@@H]1CCCN1c1cc(=O)oc2ccccc12. The molecule has 0 saturated carbocycles. The maximum atomic E-state index is 12.6. The first-order valence-corrected chi connectivity index (χ1v) is 8.47. The number of esters is 1. The van der Waals surface area contributed by atoms with Gasteiger partial charge in [0.25, 0.3) is 0 Å². The van der Waals surface area contributed by atoms with E-state index in [-0.39, 0.29) is 24.0 Å². The molecule has 0 spiro atoms. The molecule has 0 aliphatic carbocycles. The molecular formula is C19H23NO4. The molecule has 1 fully saturated rings. The summed E-state index contributed by atoms with van der Waals surface area (Å²) in [5, 5.41) is 0.841. The molecule has 0 bridgehead atoms. The van der Waals surface area contributed by atoms with E-state index in [2.05, 4.69) is 0 Å². The van der Waals surface area contributed by atoms with Crippen molar-refractivity contribution >= 4 is 22.6 Å². The summed E-state index contributed by atoms with van der Waals surface area (Å²) in [6, 6.07) is 8.52. The number of para-hydroxylation sites is 1. The van der Waals surface area contributed by atoms with Crippen molar-refractivity contribution in [2.45, 2.75) is 45.8 Å². The Hall–Kier alpha value is -2.30. The van der Waals surface area contributed by atoms with Gasteiger partial charge in [-0.25, -0.2) is 9.59 Å². The molecule has 0 radical (unpaired) electrons. The van der Waals surface area contributed by atoms with Gasteiger partial charge in [0.1, 0.15) is 17.7 Å². The van der Waals surface area contributed by atoms with E-state index in [0.717, 1.165) is 30.5 Å². The lowest BCUT2D eigenvalue weighted by atomic mass is 10.1. The summed E-state index contributed by atoms with van der Waals surface area (Å²) < 4.78 is 10.9. The Labute approximate surface area is 141 Å². The van der Waals surface area contributed by atoms with Gasteiger partial charge in [0, 0.05) is 18.0 Å². The molecule has 24 heavy (non-hydrogen) atoms. The predicted molar refractivity (Wildman–Crippen MR) is 93.2 cm³/mol. The van der Waals surface area contributed by atoms with Crippen molar-refractivity contribution in [3.05, 3.63) is 40.8 Å². The standard InChI is InChI=1S/C19H23NO4/c1-12(2)13(3)23-19(22)15-8-6-10-20(15)16-11-18(21)24-17-9-5-4-7-14(16)17/h4-5,7,9,11-13,15H,6,8,10H2,1-3H3/t13?,15-/m0/s1. The Balaban J connectivity index is 1.94. The highest BCUT2D eigenvalue weighted by Gasteiger charge is 2.34. The molecule has 2 aromatic rings. The van der Waals surface area contributed by atoms with Crippen LogP contribution in [-0.2, 0) is 9.53 Å². The van der Waals surface area contributed by atoms with Gasteiger partial charge in [0.15, 0.2) is 0 Å². The van der Waals surface area contributed by atoms with Crippen molar-refractivity contribution in [2.75, 3.05) is 11.4 Å². The van der Waals surface area contributed by atoms with Gasteiger partial charge in [-0.15, -0.1) is 0 Å². The first kappa shape index (κ1) is 16.6. The van der Waals surface area contributed by atoms with Crippen LogP contribution in [0.15, 0.2) is 39.5 Å². The van der Waals surface area contributed by atoms with Crippen molar-refractivity contribution in [1.82, 2.24) is 0 Å².